The minimum absolute atomic E-state index is 0.691. The minimum Gasteiger partial charge on any atom is -0.477 e. The molecule has 2 N–H and O–H groups in total. The molecule has 0 aliphatic heterocycles. The fourth-order valence-electron chi connectivity index (χ4n) is 1.22. The maximum absolute atomic E-state index is 5.58. The van der Waals surface area contributed by atoms with E-state index in [9.17, 15) is 0 Å². The van der Waals surface area contributed by atoms with Crippen LogP contribution >= 0.6 is 0 Å². The Morgan fingerprint density at radius 3 is 3.00 bits per heavy atom. The summed E-state index contributed by atoms with van der Waals surface area (Å²) in [5, 5.41) is 0. The number of rotatable bonds is 3. The van der Waals surface area contributed by atoms with Gasteiger partial charge in [0, 0.05) is 5.56 Å². The Kier molecular flexibility index (Phi) is 2.08. The first-order valence-electron chi connectivity index (χ1n) is 4.60. The number of hydrogen-bond acceptors (Lipinski definition) is 3. The van der Waals surface area contributed by atoms with Crippen molar-refractivity contribution in [3.63, 3.8) is 0 Å². The molecule has 3 nitrogen and oxygen atoms in total. The SMILES string of the molecule is Cc1cc(N)cnc1OCC1CC1. The lowest BCUT2D eigenvalue weighted by molar-refractivity contribution is 0.286. The molecular weight excluding hydrogens is 164 g/mol. The highest BCUT2D eigenvalue weighted by atomic mass is 16.5. The quantitative estimate of drug-likeness (QED) is 0.767. The van der Waals surface area contributed by atoms with Crippen molar-refractivity contribution in [1.29, 1.82) is 0 Å². The average molecular weight is 178 g/mol. The molecule has 0 aromatic carbocycles. The van der Waals surface area contributed by atoms with Crippen LogP contribution in [0.25, 0.3) is 0 Å². The highest BCUT2D eigenvalue weighted by molar-refractivity contribution is 5.41. The normalized spacial score (nSPS) is 15.8. The molecule has 2 rings (SSSR count). The van der Waals surface area contributed by atoms with E-state index in [0.29, 0.717) is 5.69 Å². The van der Waals surface area contributed by atoms with Gasteiger partial charge in [0.05, 0.1) is 18.5 Å². The number of nitrogen functional groups attached to an aromatic ring is 1. The van der Waals surface area contributed by atoms with Gasteiger partial charge in [-0.1, -0.05) is 0 Å². The molecule has 1 fully saturated rings. The molecule has 13 heavy (non-hydrogen) atoms. The highest BCUT2D eigenvalue weighted by Crippen LogP contribution is 2.29. The van der Waals surface area contributed by atoms with Gasteiger partial charge in [-0.25, -0.2) is 4.98 Å². The zero-order valence-corrected chi connectivity index (χ0v) is 7.79. The van der Waals surface area contributed by atoms with Gasteiger partial charge in [-0.3, -0.25) is 0 Å². The van der Waals surface area contributed by atoms with Crippen molar-refractivity contribution in [2.24, 2.45) is 5.92 Å². The topological polar surface area (TPSA) is 48.1 Å². The molecule has 1 saturated carbocycles. The van der Waals surface area contributed by atoms with E-state index < -0.39 is 0 Å². The largest absolute Gasteiger partial charge is 0.477 e. The number of hydrogen-bond donors (Lipinski definition) is 1. The van der Waals surface area contributed by atoms with Crippen LogP contribution in [0.4, 0.5) is 5.69 Å². The lowest BCUT2D eigenvalue weighted by Crippen LogP contribution is -2.02. The first kappa shape index (κ1) is 8.35. The molecule has 1 heterocycles. The van der Waals surface area contributed by atoms with E-state index in [1.165, 1.54) is 12.8 Å². The summed E-state index contributed by atoms with van der Waals surface area (Å²) >= 11 is 0. The van der Waals surface area contributed by atoms with Crippen molar-refractivity contribution in [3.8, 4) is 5.88 Å². The van der Waals surface area contributed by atoms with Gasteiger partial charge in [-0.15, -0.1) is 0 Å². The molecule has 0 spiro atoms. The zero-order valence-electron chi connectivity index (χ0n) is 7.79. The van der Waals surface area contributed by atoms with Crippen LogP contribution in [0.2, 0.25) is 0 Å². The van der Waals surface area contributed by atoms with Crippen LogP contribution in [0, 0.1) is 12.8 Å². The summed E-state index contributed by atoms with van der Waals surface area (Å²) in [6.45, 7) is 2.77. The number of pyridine rings is 1. The second kappa shape index (κ2) is 3.24. The van der Waals surface area contributed by atoms with E-state index in [2.05, 4.69) is 4.98 Å². The Bertz CT molecular complexity index is 308. The number of aryl methyl sites for hydroxylation is 1. The second-order valence-corrected chi connectivity index (χ2v) is 3.65. The summed E-state index contributed by atoms with van der Waals surface area (Å²) in [4.78, 5) is 4.13. The van der Waals surface area contributed by atoms with Gasteiger partial charge < -0.3 is 10.5 Å². The van der Waals surface area contributed by atoms with Crippen LogP contribution in [0.15, 0.2) is 12.3 Å². The molecule has 3 heteroatoms. The number of aromatic nitrogens is 1. The molecule has 70 valence electrons. The standard InChI is InChI=1S/C10H14N2O/c1-7-4-9(11)5-12-10(7)13-6-8-2-3-8/h4-5,8H,2-3,6,11H2,1H3. The van der Waals surface area contributed by atoms with E-state index in [4.69, 9.17) is 10.5 Å². The van der Waals surface area contributed by atoms with Crippen molar-refractivity contribution in [2.75, 3.05) is 12.3 Å². The third-order valence-corrected chi connectivity index (χ3v) is 2.20. The summed E-state index contributed by atoms with van der Waals surface area (Å²) in [5.74, 6) is 1.49. The molecule has 0 saturated heterocycles. The molecule has 0 radical (unpaired) electrons. The summed E-state index contributed by atoms with van der Waals surface area (Å²) in [5.41, 5.74) is 7.28. The number of ether oxygens (including phenoxy) is 1. The Labute approximate surface area is 77.9 Å². The number of nitrogens with two attached hydrogens (primary N) is 1. The molecular formula is C10H14N2O. The van der Waals surface area contributed by atoms with E-state index in [0.717, 1.165) is 24.0 Å². The molecule has 1 aliphatic carbocycles. The number of nitrogens with zero attached hydrogens (tertiary/aromatic N) is 1. The third-order valence-electron chi connectivity index (χ3n) is 2.20. The third kappa shape index (κ3) is 2.11. The number of anilines is 1. The van der Waals surface area contributed by atoms with Gasteiger partial charge in [-0.2, -0.15) is 0 Å². The van der Waals surface area contributed by atoms with Crippen LogP contribution in [0.5, 0.6) is 5.88 Å². The van der Waals surface area contributed by atoms with Crippen LogP contribution in [0.1, 0.15) is 18.4 Å². The van der Waals surface area contributed by atoms with Gasteiger partial charge >= 0.3 is 0 Å². The predicted molar refractivity (Wildman–Crippen MR) is 51.6 cm³/mol. The van der Waals surface area contributed by atoms with Crippen LogP contribution in [-0.2, 0) is 0 Å². The second-order valence-electron chi connectivity index (χ2n) is 3.65. The fourth-order valence-corrected chi connectivity index (χ4v) is 1.22. The van der Waals surface area contributed by atoms with E-state index in [1.54, 1.807) is 6.20 Å². The van der Waals surface area contributed by atoms with Crippen LogP contribution in [0.3, 0.4) is 0 Å². The molecule has 1 aliphatic rings. The van der Waals surface area contributed by atoms with Gasteiger partial charge in [-0.05, 0) is 31.7 Å². The minimum atomic E-state index is 0.691. The zero-order chi connectivity index (χ0) is 9.26. The van der Waals surface area contributed by atoms with Crippen LogP contribution < -0.4 is 10.5 Å². The van der Waals surface area contributed by atoms with Crippen molar-refractivity contribution < 1.29 is 4.74 Å². The first-order valence-corrected chi connectivity index (χ1v) is 4.60. The van der Waals surface area contributed by atoms with Crippen molar-refractivity contribution in [1.82, 2.24) is 4.98 Å². The Balaban J connectivity index is 2.01. The smallest absolute Gasteiger partial charge is 0.216 e. The van der Waals surface area contributed by atoms with Crippen LogP contribution in [-0.4, -0.2) is 11.6 Å². The van der Waals surface area contributed by atoms with Gasteiger partial charge in [0.25, 0.3) is 0 Å². The van der Waals surface area contributed by atoms with Crippen molar-refractivity contribution >= 4 is 5.69 Å². The predicted octanol–water partition coefficient (Wildman–Crippen LogP) is 1.76. The summed E-state index contributed by atoms with van der Waals surface area (Å²) in [7, 11) is 0. The van der Waals surface area contributed by atoms with Crippen molar-refractivity contribution in [2.45, 2.75) is 19.8 Å². The highest BCUT2D eigenvalue weighted by Gasteiger charge is 2.22. The van der Waals surface area contributed by atoms with Gasteiger partial charge in [0.2, 0.25) is 5.88 Å². The maximum Gasteiger partial charge on any atom is 0.216 e. The lowest BCUT2D eigenvalue weighted by atomic mass is 10.3. The van der Waals surface area contributed by atoms with E-state index in [-0.39, 0.29) is 0 Å². The molecule has 0 atom stereocenters. The molecule has 0 unspecified atom stereocenters. The maximum atomic E-state index is 5.58. The summed E-state index contributed by atoms with van der Waals surface area (Å²) in [6.07, 6.45) is 4.23. The van der Waals surface area contributed by atoms with Crippen molar-refractivity contribution in [3.05, 3.63) is 17.8 Å². The Morgan fingerprint density at radius 2 is 2.38 bits per heavy atom. The monoisotopic (exact) mass is 178 g/mol. The van der Waals surface area contributed by atoms with Gasteiger partial charge in [0.1, 0.15) is 0 Å². The first-order chi connectivity index (χ1) is 6.25. The molecule has 0 bridgehead atoms. The Hall–Kier alpha value is -1.25. The summed E-state index contributed by atoms with van der Waals surface area (Å²) < 4.78 is 5.55. The van der Waals surface area contributed by atoms with E-state index >= 15 is 0 Å². The molecule has 1 aromatic heterocycles. The molecule has 0 amide bonds. The average Bonchev–Trinajstić information content (AvgIpc) is 2.86. The van der Waals surface area contributed by atoms with Gasteiger partial charge in [0.15, 0.2) is 0 Å². The summed E-state index contributed by atoms with van der Waals surface area (Å²) in [6, 6.07) is 1.88. The Morgan fingerprint density at radius 1 is 1.62 bits per heavy atom. The lowest BCUT2D eigenvalue weighted by Gasteiger charge is -2.06. The van der Waals surface area contributed by atoms with E-state index in [1.807, 2.05) is 13.0 Å². The fraction of sp³-hybridized carbons (Fsp3) is 0.500. The molecule has 1 aromatic rings.